The minimum Gasteiger partial charge on any atom is -0.339 e. The van der Waals surface area contributed by atoms with Crippen molar-refractivity contribution in [2.75, 3.05) is 7.05 Å². The van der Waals surface area contributed by atoms with Crippen LogP contribution in [0.2, 0.25) is 0 Å². The predicted octanol–water partition coefficient (Wildman–Crippen LogP) is 4.35. The first-order chi connectivity index (χ1) is 9.49. The van der Waals surface area contributed by atoms with Gasteiger partial charge in [-0.2, -0.15) is 0 Å². The molecule has 0 N–H and O–H groups in total. The van der Waals surface area contributed by atoms with Gasteiger partial charge in [-0.25, -0.2) is 4.39 Å². The van der Waals surface area contributed by atoms with Crippen LogP contribution in [0.4, 0.5) is 4.39 Å². The van der Waals surface area contributed by atoms with Gasteiger partial charge in [0.25, 0.3) is 5.91 Å². The number of carbonyl (C=O) groups is 1. The molecule has 0 fully saturated rings. The van der Waals surface area contributed by atoms with Gasteiger partial charge < -0.3 is 4.90 Å². The van der Waals surface area contributed by atoms with Gasteiger partial charge in [-0.15, -0.1) is 11.3 Å². The van der Waals surface area contributed by atoms with Gasteiger partial charge in [-0.1, -0.05) is 6.07 Å². The van der Waals surface area contributed by atoms with Gasteiger partial charge in [0.1, 0.15) is 5.82 Å². The molecule has 1 unspecified atom stereocenters. The van der Waals surface area contributed by atoms with Crippen molar-refractivity contribution >= 4 is 33.2 Å². The van der Waals surface area contributed by atoms with E-state index in [0.29, 0.717) is 10.0 Å². The lowest BCUT2D eigenvalue weighted by molar-refractivity contribution is 0.0744. The third-order valence-corrected chi connectivity index (χ3v) is 4.73. The highest BCUT2D eigenvalue weighted by Gasteiger charge is 2.19. The Kier molecular flexibility index (Phi) is 4.94. The van der Waals surface area contributed by atoms with E-state index in [1.165, 1.54) is 23.1 Å². The van der Waals surface area contributed by atoms with Crippen molar-refractivity contribution in [3.63, 3.8) is 0 Å². The molecule has 2 aromatic rings. The second-order valence-electron chi connectivity index (χ2n) is 4.68. The molecule has 5 heteroatoms. The van der Waals surface area contributed by atoms with E-state index in [-0.39, 0.29) is 17.8 Å². The highest BCUT2D eigenvalue weighted by Crippen LogP contribution is 2.19. The molecule has 106 valence electrons. The van der Waals surface area contributed by atoms with Crippen LogP contribution in [0.25, 0.3) is 0 Å². The zero-order chi connectivity index (χ0) is 14.7. The summed E-state index contributed by atoms with van der Waals surface area (Å²) in [5.74, 6) is -0.467. The fourth-order valence-corrected chi connectivity index (χ4v) is 3.10. The van der Waals surface area contributed by atoms with Crippen LogP contribution in [0, 0.1) is 5.82 Å². The van der Waals surface area contributed by atoms with Crippen LogP contribution >= 0.6 is 27.3 Å². The molecule has 0 saturated heterocycles. The quantitative estimate of drug-likeness (QED) is 0.798. The lowest BCUT2D eigenvalue weighted by Gasteiger charge is -2.24. The lowest BCUT2D eigenvalue weighted by atomic mass is 10.1. The normalized spacial score (nSPS) is 12.2. The molecule has 1 aromatic carbocycles. The summed E-state index contributed by atoms with van der Waals surface area (Å²) >= 11 is 4.79. The van der Waals surface area contributed by atoms with E-state index in [0.717, 1.165) is 6.42 Å². The first kappa shape index (κ1) is 15.2. The van der Waals surface area contributed by atoms with Crippen LogP contribution in [-0.4, -0.2) is 23.9 Å². The van der Waals surface area contributed by atoms with Crippen LogP contribution in [-0.2, 0) is 6.42 Å². The maximum absolute atomic E-state index is 13.2. The molecule has 1 amide bonds. The lowest BCUT2D eigenvalue weighted by Crippen LogP contribution is -2.36. The Balaban J connectivity index is 2.09. The number of benzene rings is 1. The average Bonchev–Trinajstić information content (AvgIpc) is 2.93. The Bertz CT molecular complexity index is 600. The van der Waals surface area contributed by atoms with Crippen LogP contribution in [0.3, 0.4) is 0 Å². The van der Waals surface area contributed by atoms with Crippen molar-refractivity contribution in [1.82, 2.24) is 4.90 Å². The van der Waals surface area contributed by atoms with E-state index < -0.39 is 0 Å². The van der Waals surface area contributed by atoms with Gasteiger partial charge in [-0.3, -0.25) is 4.79 Å². The summed E-state index contributed by atoms with van der Waals surface area (Å²) in [5.41, 5.74) is 0.485. The SMILES string of the molecule is CC(Cc1cccs1)N(C)C(=O)c1ccc(F)c(Br)c1. The summed E-state index contributed by atoms with van der Waals surface area (Å²) in [5, 5.41) is 2.03. The second kappa shape index (κ2) is 6.50. The number of thiophene rings is 1. The Morgan fingerprint density at radius 1 is 1.45 bits per heavy atom. The molecule has 0 aliphatic rings. The fraction of sp³-hybridized carbons (Fsp3) is 0.267. The van der Waals surface area contributed by atoms with Gasteiger partial charge >= 0.3 is 0 Å². The van der Waals surface area contributed by atoms with E-state index in [2.05, 4.69) is 22.0 Å². The largest absolute Gasteiger partial charge is 0.339 e. The number of carbonyl (C=O) groups excluding carboxylic acids is 1. The minimum atomic E-state index is -0.365. The summed E-state index contributed by atoms with van der Waals surface area (Å²) in [6.07, 6.45) is 0.822. The molecule has 0 saturated carbocycles. The summed E-state index contributed by atoms with van der Waals surface area (Å²) in [4.78, 5) is 15.3. The van der Waals surface area contributed by atoms with E-state index in [4.69, 9.17) is 0 Å². The number of rotatable bonds is 4. The Morgan fingerprint density at radius 2 is 2.20 bits per heavy atom. The summed E-state index contributed by atoms with van der Waals surface area (Å²) < 4.78 is 13.5. The highest BCUT2D eigenvalue weighted by molar-refractivity contribution is 9.10. The zero-order valence-electron chi connectivity index (χ0n) is 11.3. The topological polar surface area (TPSA) is 20.3 Å². The highest BCUT2D eigenvalue weighted by atomic mass is 79.9. The molecule has 20 heavy (non-hydrogen) atoms. The van der Waals surface area contributed by atoms with Crippen LogP contribution < -0.4 is 0 Å². The molecule has 2 rings (SSSR count). The van der Waals surface area contributed by atoms with Crippen molar-refractivity contribution < 1.29 is 9.18 Å². The molecule has 2 nitrogen and oxygen atoms in total. The third-order valence-electron chi connectivity index (χ3n) is 3.22. The number of amides is 1. The zero-order valence-corrected chi connectivity index (χ0v) is 13.7. The first-order valence-corrected chi connectivity index (χ1v) is 7.91. The Hall–Kier alpha value is -1.20. The van der Waals surface area contributed by atoms with E-state index in [9.17, 15) is 9.18 Å². The average molecular weight is 356 g/mol. The van der Waals surface area contributed by atoms with Gasteiger partial charge in [0.15, 0.2) is 0 Å². The Labute approximate surface area is 130 Å². The Morgan fingerprint density at radius 3 is 2.80 bits per heavy atom. The van der Waals surface area contributed by atoms with Gasteiger partial charge in [-0.05, 0) is 52.5 Å². The third kappa shape index (κ3) is 3.46. The number of halogens is 2. The molecule has 0 aliphatic carbocycles. The van der Waals surface area contributed by atoms with E-state index in [1.807, 2.05) is 18.4 Å². The fourth-order valence-electron chi connectivity index (χ4n) is 1.89. The van der Waals surface area contributed by atoms with Crippen LogP contribution in [0.5, 0.6) is 0 Å². The molecule has 0 radical (unpaired) electrons. The molecular weight excluding hydrogens is 341 g/mol. The minimum absolute atomic E-state index is 0.0879. The maximum atomic E-state index is 13.2. The number of likely N-dealkylation sites (N-methyl/N-ethyl adjacent to an activating group) is 1. The summed E-state index contributed by atoms with van der Waals surface area (Å²) in [7, 11) is 1.78. The second-order valence-corrected chi connectivity index (χ2v) is 6.56. The molecule has 1 heterocycles. The van der Waals surface area contributed by atoms with E-state index in [1.54, 1.807) is 23.3 Å². The first-order valence-electron chi connectivity index (χ1n) is 6.23. The smallest absolute Gasteiger partial charge is 0.253 e. The van der Waals surface area contributed by atoms with Crippen LogP contribution in [0.1, 0.15) is 22.2 Å². The monoisotopic (exact) mass is 355 g/mol. The van der Waals surface area contributed by atoms with E-state index >= 15 is 0 Å². The molecule has 0 bridgehead atoms. The number of hydrogen-bond acceptors (Lipinski definition) is 2. The molecule has 1 aromatic heterocycles. The molecule has 1 atom stereocenters. The number of nitrogens with zero attached hydrogens (tertiary/aromatic N) is 1. The van der Waals surface area contributed by atoms with Crippen molar-refractivity contribution in [3.05, 3.63) is 56.4 Å². The van der Waals surface area contributed by atoms with Crippen molar-refractivity contribution in [1.29, 1.82) is 0 Å². The van der Waals surface area contributed by atoms with Crippen LogP contribution in [0.15, 0.2) is 40.2 Å². The molecule has 0 aliphatic heterocycles. The predicted molar refractivity (Wildman–Crippen MR) is 83.7 cm³/mol. The van der Waals surface area contributed by atoms with Gasteiger partial charge in [0, 0.05) is 30.0 Å². The van der Waals surface area contributed by atoms with Gasteiger partial charge in [0.2, 0.25) is 0 Å². The van der Waals surface area contributed by atoms with Gasteiger partial charge in [0.05, 0.1) is 4.47 Å². The van der Waals surface area contributed by atoms with Crippen molar-refractivity contribution in [2.24, 2.45) is 0 Å². The molecule has 0 spiro atoms. The summed E-state index contributed by atoms with van der Waals surface area (Å²) in [6, 6.07) is 8.49. The standard InChI is InChI=1S/C15H15BrFNOS/c1-10(8-12-4-3-7-20-12)18(2)15(19)11-5-6-14(17)13(16)9-11/h3-7,9-10H,8H2,1-2H3. The maximum Gasteiger partial charge on any atom is 0.253 e. The number of hydrogen-bond donors (Lipinski definition) is 0. The molecular formula is C15H15BrFNOS. The van der Waals surface area contributed by atoms with Crippen molar-refractivity contribution in [2.45, 2.75) is 19.4 Å². The van der Waals surface area contributed by atoms with Crippen molar-refractivity contribution in [3.8, 4) is 0 Å². The summed E-state index contributed by atoms with van der Waals surface area (Å²) in [6.45, 7) is 2.01.